The maximum absolute atomic E-state index is 12.0. The molecule has 0 bridgehead atoms. The van der Waals surface area contributed by atoms with Gasteiger partial charge in [0.05, 0.1) is 5.56 Å². The summed E-state index contributed by atoms with van der Waals surface area (Å²) in [6, 6.07) is 11.2. The number of aromatic hydroxyl groups is 1. The monoisotopic (exact) mass is 348 g/mol. The zero-order valence-corrected chi connectivity index (χ0v) is 12.6. The molecule has 0 atom stereocenters. The molecule has 0 aliphatic heterocycles. The fraction of sp³-hybridized carbons (Fsp3) is 0.0667. The summed E-state index contributed by atoms with van der Waals surface area (Å²) in [5.41, 5.74) is 6.58. The molecule has 0 unspecified atom stereocenters. The largest absolute Gasteiger partial charge is 0.507 e. The zero-order chi connectivity index (χ0) is 15.4. The van der Waals surface area contributed by atoms with Crippen LogP contribution in [0.2, 0.25) is 0 Å². The number of carbonyl (C=O) groups excluding carboxylic acids is 2. The summed E-state index contributed by atoms with van der Waals surface area (Å²) in [5, 5.41) is 12.4. The molecule has 21 heavy (non-hydrogen) atoms. The molecular formula is C15H13BrN2O3. The second kappa shape index (κ2) is 6.41. The van der Waals surface area contributed by atoms with Gasteiger partial charge in [-0.15, -0.1) is 0 Å². The highest BCUT2D eigenvalue weighted by Crippen LogP contribution is 2.21. The van der Waals surface area contributed by atoms with Gasteiger partial charge in [-0.05, 0) is 35.9 Å². The SMILES string of the molecule is NC(=O)c1ccc(CNC(=O)c2cc(Br)ccc2O)cc1. The van der Waals surface area contributed by atoms with Crippen molar-refractivity contribution in [3.63, 3.8) is 0 Å². The fourth-order valence-corrected chi connectivity index (χ4v) is 2.12. The molecule has 0 aliphatic carbocycles. The number of halogens is 1. The second-order valence-electron chi connectivity index (χ2n) is 4.41. The predicted molar refractivity (Wildman–Crippen MR) is 81.9 cm³/mol. The number of carbonyl (C=O) groups is 2. The van der Waals surface area contributed by atoms with Gasteiger partial charge in [-0.2, -0.15) is 0 Å². The maximum Gasteiger partial charge on any atom is 0.255 e. The number of hydrogen-bond acceptors (Lipinski definition) is 3. The molecule has 0 aromatic heterocycles. The summed E-state index contributed by atoms with van der Waals surface area (Å²) in [4.78, 5) is 23.0. The van der Waals surface area contributed by atoms with E-state index in [0.29, 0.717) is 10.0 Å². The highest BCUT2D eigenvalue weighted by Gasteiger charge is 2.11. The molecule has 4 N–H and O–H groups in total. The average molecular weight is 349 g/mol. The van der Waals surface area contributed by atoms with Crippen molar-refractivity contribution in [2.24, 2.45) is 5.73 Å². The molecule has 0 heterocycles. The number of amides is 2. The van der Waals surface area contributed by atoms with Crippen LogP contribution in [-0.4, -0.2) is 16.9 Å². The minimum absolute atomic E-state index is 0.0835. The van der Waals surface area contributed by atoms with Gasteiger partial charge in [0, 0.05) is 16.6 Å². The van der Waals surface area contributed by atoms with Crippen LogP contribution in [0, 0.1) is 0 Å². The minimum atomic E-state index is -0.496. The Hall–Kier alpha value is -2.34. The third-order valence-corrected chi connectivity index (χ3v) is 3.39. The number of phenolic OH excluding ortho intramolecular Hbond substituents is 1. The van der Waals surface area contributed by atoms with Gasteiger partial charge in [0.2, 0.25) is 5.91 Å². The normalized spacial score (nSPS) is 10.1. The van der Waals surface area contributed by atoms with Crippen LogP contribution in [0.15, 0.2) is 46.9 Å². The molecule has 0 fully saturated rings. The van der Waals surface area contributed by atoms with Crippen molar-refractivity contribution in [2.45, 2.75) is 6.54 Å². The average Bonchev–Trinajstić information content (AvgIpc) is 2.47. The minimum Gasteiger partial charge on any atom is -0.507 e. The Kier molecular flexibility index (Phi) is 4.59. The van der Waals surface area contributed by atoms with Gasteiger partial charge in [0.25, 0.3) is 5.91 Å². The number of primary amides is 1. The van der Waals surface area contributed by atoms with E-state index in [9.17, 15) is 14.7 Å². The molecule has 2 amide bonds. The molecule has 2 aromatic rings. The highest BCUT2D eigenvalue weighted by atomic mass is 79.9. The van der Waals surface area contributed by atoms with Crippen molar-refractivity contribution in [1.82, 2.24) is 5.32 Å². The molecule has 2 aromatic carbocycles. The van der Waals surface area contributed by atoms with E-state index in [1.807, 2.05) is 0 Å². The summed E-state index contributed by atoms with van der Waals surface area (Å²) in [5.74, 6) is -0.961. The first-order valence-electron chi connectivity index (χ1n) is 6.13. The van der Waals surface area contributed by atoms with E-state index in [4.69, 9.17) is 5.73 Å². The van der Waals surface area contributed by atoms with Gasteiger partial charge in [-0.3, -0.25) is 9.59 Å². The smallest absolute Gasteiger partial charge is 0.255 e. The van der Waals surface area contributed by atoms with Gasteiger partial charge in [-0.25, -0.2) is 0 Å². The van der Waals surface area contributed by atoms with Gasteiger partial charge < -0.3 is 16.2 Å². The Morgan fingerprint density at radius 1 is 1.14 bits per heavy atom. The Bertz CT molecular complexity index is 684. The molecule has 6 heteroatoms. The van der Waals surface area contributed by atoms with E-state index in [-0.39, 0.29) is 23.8 Å². The van der Waals surface area contributed by atoms with Crippen molar-refractivity contribution in [3.8, 4) is 5.75 Å². The van der Waals surface area contributed by atoms with E-state index in [1.54, 1.807) is 36.4 Å². The van der Waals surface area contributed by atoms with Crippen LogP contribution in [0.5, 0.6) is 5.75 Å². The van der Waals surface area contributed by atoms with Gasteiger partial charge >= 0.3 is 0 Å². The Morgan fingerprint density at radius 3 is 2.43 bits per heavy atom. The van der Waals surface area contributed by atoms with E-state index < -0.39 is 5.91 Å². The first-order valence-corrected chi connectivity index (χ1v) is 6.92. The number of rotatable bonds is 4. The topological polar surface area (TPSA) is 92.4 Å². The third-order valence-electron chi connectivity index (χ3n) is 2.89. The number of phenols is 1. The summed E-state index contributed by atoms with van der Waals surface area (Å²) >= 11 is 3.25. The number of hydrogen-bond donors (Lipinski definition) is 3. The molecule has 0 spiro atoms. The lowest BCUT2D eigenvalue weighted by Crippen LogP contribution is -2.23. The van der Waals surface area contributed by atoms with E-state index in [0.717, 1.165) is 5.56 Å². The lowest BCUT2D eigenvalue weighted by Gasteiger charge is -2.08. The second-order valence-corrected chi connectivity index (χ2v) is 5.32. The summed E-state index contributed by atoms with van der Waals surface area (Å²) in [6.45, 7) is 0.282. The van der Waals surface area contributed by atoms with Crippen LogP contribution in [0.4, 0.5) is 0 Å². The Balaban J connectivity index is 2.04. The molecule has 108 valence electrons. The van der Waals surface area contributed by atoms with Crippen molar-refractivity contribution in [3.05, 3.63) is 63.6 Å². The highest BCUT2D eigenvalue weighted by molar-refractivity contribution is 9.10. The number of nitrogens with two attached hydrogens (primary N) is 1. The van der Waals surface area contributed by atoms with Crippen molar-refractivity contribution < 1.29 is 14.7 Å². The predicted octanol–water partition coefficient (Wildman–Crippen LogP) is 2.18. The Morgan fingerprint density at radius 2 is 1.81 bits per heavy atom. The van der Waals surface area contributed by atoms with Crippen molar-refractivity contribution in [1.29, 1.82) is 0 Å². The van der Waals surface area contributed by atoms with Gasteiger partial charge in [-0.1, -0.05) is 28.1 Å². The van der Waals surface area contributed by atoms with Crippen LogP contribution in [-0.2, 0) is 6.54 Å². The van der Waals surface area contributed by atoms with Gasteiger partial charge in [0.1, 0.15) is 5.75 Å². The summed E-state index contributed by atoms with van der Waals surface area (Å²) in [7, 11) is 0. The third kappa shape index (κ3) is 3.82. The zero-order valence-electron chi connectivity index (χ0n) is 11.0. The van der Waals surface area contributed by atoms with Gasteiger partial charge in [0.15, 0.2) is 0 Å². The standard InChI is InChI=1S/C15H13BrN2O3/c16-11-5-6-13(19)12(7-11)15(21)18-8-9-1-3-10(4-2-9)14(17)20/h1-7,19H,8H2,(H2,17,20)(H,18,21). The number of nitrogens with one attached hydrogen (secondary N) is 1. The molecule has 5 nitrogen and oxygen atoms in total. The van der Waals surface area contributed by atoms with Crippen molar-refractivity contribution >= 4 is 27.7 Å². The first kappa shape index (κ1) is 15.1. The van der Waals surface area contributed by atoms with E-state index in [2.05, 4.69) is 21.2 Å². The Labute approximate surface area is 129 Å². The van der Waals surface area contributed by atoms with Crippen LogP contribution in [0.3, 0.4) is 0 Å². The molecule has 0 radical (unpaired) electrons. The first-order chi connectivity index (χ1) is 9.97. The molecule has 2 rings (SSSR count). The molecule has 0 saturated heterocycles. The molecule has 0 saturated carbocycles. The quantitative estimate of drug-likeness (QED) is 0.790. The van der Waals surface area contributed by atoms with Crippen LogP contribution in [0.25, 0.3) is 0 Å². The van der Waals surface area contributed by atoms with Crippen LogP contribution < -0.4 is 11.1 Å². The maximum atomic E-state index is 12.0. The van der Waals surface area contributed by atoms with Crippen molar-refractivity contribution in [2.75, 3.05) is 0 Å². The van der Waals surface area contributed by atoms with E-state index >= 15 is 0 Å². The number of benzene rings is 2. The molecule has 0 aliphatic rings. The fourth-order valence-electron chi connectivity index (χ4n) is 1.75. The molecular weight excluding hydrogens is 336 g/mol. The van der Waals surface area contributed by atoms with Crippen LogP contribution >= 0.6 is 15.9 Å². The summed E-state index contributed by atoms with van der Waals surface area (Å²) in [6.07, 6.45) is 0. The lowest BCUT2D eigenvalue weighted by atomic mass is 10.1. The summed E-state index contributed by atoms with van der Waals surface area (Å²) < 4.78 is 0.705. The van der Waals surface area contributed by atoms with Crippen LogP contribution in [0.1, 0.15) is 26.3 Å². The lowest BCUT2D eigenvalue weighted by molar-refractivity contribution is 0.0946. The van der Waals surface area contributed by atoms with E-state index in [1.165, 1.54) is 6.07 Å².